The number of nitrogens with one attached hydrogen (secondary N) is 2. The molecule has 2 aliphatic rings. The molecule has 1 aromatic carbocycles. The number of pyridine rings is 1. The summed E-state index contributed by atoms with van der Waals surface area (Å²) in [6.45, 7) is 3.41. The molecule has 1 fully saturated rings. The number of halogens is 1. The number of carbonyl (C=O) groups is 1. The van der Waals surface area contributed by atoms with Gasteiger partial charge in [-0.1, -0.05) is 6.08 Å². The molecule has 1 saturated heterocycles. The zero-order valence-electron chi connectivity index (χ0n) is 17.0. The van der Waals surface area contributed by atoms with Crippen LogP contribution in [-0.4, -0.2) is 48.7 Å². The quantitative estimate of drug-likeness (QED) is 0.680. The Morgan fingerprint density at radius 1 is 1.10 bits per heavy atom. The summed E-state index contributed by atoms with van der Waals surface area (Å²) < 4.78 is 19.3. The minimum atomic E-state index is -0.251. The minimum Gasteiger partial charge on any atom is -0.378 e. The zero-order valence-corrected chi connectivity index (χ0v) is 17.0. The van der Waals surface area contributed by atoms with Crippen LogP contribution in [0.1, 0.15) is 27.3 Å². The van der Waals surface area contributed by atoms with E-state index in [9.17, 15) is 9.18 Å². The second-order valence-corrected chi connectivity index (χ2v) is 7.69. The predicted molar refractivity (Wildman–Crippen MR) is 118 cm³/mol. The maximum absolute atomic E-state index is 13.9. The number of carbonyl (C=O) groups excluding carboxylic acids is 1. The average molecular weight is 418 g/mol. The van der Waals surface area contributed by atoms with Gasteiger partial charge in [0.1, 0.15) is 5.82 Å². The molecular weight excluding hydrogens is 395 g/mol. The van der Waals surface area contributed by atoms with Gasteiger partial charge in [-0.05, 0) is 48.0 Å². The molecule has 0 bridgehead atoms. The third-order valence-corrected chi connectivity index (χ3v) is 5.67. The number of nitrogens with zero attached hydrogens (tertiary/aromatic N) is 2. The van der Waals surface area contributed by atoms with Crippen LogP contribution >= 0.6 is 0 Å². The van der Waals surface area contributed by atoms with Gasteiger partial charge in [0.25, 0.3) is 5.91 Å². The number of anilines is 1. The third kappa shape index (κ3) is 4.09. The van der Waals surface area contributed by atoms with Gasteiger partial charge in [0.15, 0.2) is 0 Å². The Kier molecular flexibility index (Phi) is 5.26. The van der Waals surface area contributed by atoms with E-state index in [0.29, 0.717) is 25.3 Å². The topological polar surface area (TPSA) is 70.2 Å². The van der Waals surface area contributed by atoms with Gasteiger partial charge in [-0.3, -0.25) is 9.78 Å². The number of hydrogen-bond acceptors (Lipinski definition) is 4. The van der Waals surface area contributed by atoms with Crippen molar-refractivity contribution >= 4 is 23.7 Å². The lowest BCUT2D eigenvalue weighted by atomic mass is 10.1. The average Bonchev–Trinajstić information content (AvgIpc) is 3.25. The number of benzene rings is 1. The van der Waals surface area contributed by atoms with Crippen LogP contribution in [0, 0.1) is 5.82 Å². The fourth-order valence-electron chi connectivity index (χ4n) is 4.07. The van der Waals surface area contributed by atoms with Gasteiger partial charge in [-0.2, -0.15) is 0 Å². The number of hydrogen-bond donors (Lipinski definition) is 2. The zero-order chi connectivity index (χ0) is 21.2. The Balaban J connectivity index is 1.42. The highest BCUT2D eigenvalue weighted by Crippen LogP contribution is 2.27. The number of morpholine rings is 1. The van der Waals surface area contributed by atoms with Crippen molar-refractivity contribution < 1.29 is 13.9 Å². The summed E-state index contributed by atoms with van der Waals surface area (Å²) in [4.78, 5) is 22.0. The first kappa shape index (κ1) is 19.5. The molecule has 158 valence electrons. The summed E-state index contributed by atoms with van der Waals surface area (Å²) in [6, 6.07) is 10.6. The number of fused-ring (bicyclic) bond motifs is 1. The minimum absolute atomic E-state index is 0.0372. The summed E-state index contributed by atoms with van der Waals surface area (Å²) in [5.74, 6) is -0.289. The molecule has 5 rings (SSSR count). The second-order valence-electron chi connectivity index (χ2n) is 7.69. The van der Waals surface area contributed by atoms with Crippen molar-refractivity contribution in [1.29, 1.82) is 0 Å². The van der Waals surface area contributed by atoms with Crippen LogP contribution in [-0.2, 0) is 11.2 Å². The SMILES string of the molecule is O=C1NCCc2[nH]c(-c3ccnc(/C=C/c4ccc(F)cc4N4CCOCC4)c3)cc21. The van der Waals surface area contributed by atoms with Crippen LogP contribution < -0.4 is 10.2 Å². The number of aromatic nitrogens is 2. The van der Waals surface area contributed by atoms with Crippen LogP contribution in [0.4, 0.5) is 10.1 Å². The van der Waals surface area contributed by atoms with E-state index in [1.54, 1.807) is 18.3 Å². The van der Waals surface area contributed by atoms with E-state index in [1.165, 1.54) is 6.07 Å². The molecule has 31 heavy (non-hydrogen) atoms. The van der Waals surface area contributed by atoms with Crippen molar-refractivity contribution in [2.45, 2.75) is 6.42 Å². The Hall–Kier alpha value is -3.45. The van der Waals surface area contributed by atoms with Gasteiger partial charge in [-0.25, -0.2) is 4.39 Å². The third-order valence-electron chi connectivity index (χ3n) is 5.67. The molecule has 0 aliphatic carbocycles. The molecular formula is C24H23FN4O2. The first-order valence-corrected chi connectivity index (χ1v) is 10.4. The molecule has 4 heterocycles. The van der Waals surface area contributed by atoms with Gasteiger partial charge in [-0.15, -0.1) is 0 Å². The Morgan fingerprint density at radius 2 is 1.97 bits per heavy atom. The van der Waals surface area contributed by atoms with Crippen molar-refractivity contribution in [3.05, 3.63) is 70.9 Å². The Bertz CT molecular complexity index is 1150. The lowest BCUT2D eigenvalue weighted by molar-refractivity contribution is 0.0946. The van der Waals surface area contributed by atoms with Crippen molar-refractivity contribution in [2.24, 2.45) is 0 Å². The molecule has 1 amide bonds. The smallest absolute Gasteiger partial charge is 0.253 e. The normalized spacial score (nSPS) is 16.4. The van der Waals surface area contributed by atoms with Gasteiger partial charge in [0.05, 0.1) is 24.5 Å². The van der Waals surface area contributed by atoms with Crippen LogP contribution in [0.2, 0.25) is 0 Å². The first-order chi connectivity index (χ1) is 15.2. The summed E-state index contributed by atoms with van der Waals surface area (Å²) in [5.41, 5.74) is 6.11. The molecule has 0 atom stereocenters. The van der Waals surface area contributed by atoms with E-state index >= 15 is 0 Å². The molecule has 0 unspecified atom stereocenters. The van der Waals surface area contributed by atoms with E-state index in [4.69, 9.17) is 4.74 Å². The van der Waals surface area contributed by atoms with Crippen LogP contribution in [0.25, 0.3) is 23.4 Å². The van der Waals surface area contributed by atoms with E-state index in [2.05, 4.69) is 20.2 Å². The van der Waals surface area contributed by atoms with Crippen molar-refractivity contribution in [3.8, 4) is 11.3 Å². The lowest BCUT2D eigenvalue weighted by Gasteiger charge is -2.30. The monoisotopic (exact) mass is 418 g/mol. The first-order valence-electron chi connectivity index (χ1n) is 10.4. The largest absolute Gasteiger partial charge is 0.378 e. The maximum Gasteiger partial charge on any atom is 0.253 e. The highest BCUT2D eigenvalue weighted by molar-refractivity contribution is 5.97. The standard InChI is InChI=1S/C24H23FN4O2/c25-18-3-1-16(23(14-18)29-9-11-31-12-10-29)2-4-19-13-17(5-7-26-19)22-15-20-21(28-22)6-8-27-24(20)30/h1-5,7,13-15,28H,6,8-12H2,(H,27,30)/b4-2+. The molecule has 2 aliphatic heterocycles. The van der Waals surface area contributed by atoms with Crippen LogP contribution in [0.5, 0.6) is 0 Å². The molecule has 2 aromatic heterocycles. The Labute approximate surface area is 179 Å². The molecule has 0 radical (unpaired) electrons. The maximum atomic E-state index is 13.9. The molecule has 0 spiro atoms. The Morgan fingerprint density at radius 3 is 2.81 bits per heavy atom. The van der Waals surface area contributed by atoms with E-state index in [-0.39, 0.29) is 11.7 Å². The summed E-state index contributed by atoms with van der Waals surface area (Å²) in [7, 11) is 0. The summed E-state index contributed by atoms with van der Waals surface area (Å²) >= 11 is 0. The lowest BCUT2D eigenvalue weighted by Crippen LogP contribution is -2.36. The fourth-order valence-corrected chi connectivity index (χ4v) is 4.07. The van der Waals surface area contributed by atoms with Crippen molar-refractivity contribution in [3.63, 3.8) is 0 Å². The molecule has 0 saturated carbocycles. The summed E-state index contributed by atoms with van der Waals surface area (Å²) in [5, 5.41) is 2.87. The van der Waals surface area contributed by atoms with Gasteiger partial charge >= 0.3 is 0 Å². The number of ether oxygens (including phenoxy) is 1. The van der Waals surface area contributed by atoms with E-state index < -0.39 is 0 Å². The van der Waals surface area contributed by atoms with Crippen molar-refractivity contribution in [1.82, 2.24) is 15.3 Å². The summed E-state index contributed by atoms with van der Waals surface area (Å²) in [6.07, 6.45) is 6.44. The highest BCUT2D eigenvalue weighted by Gasteiger charge is 2.20. The molecule has 7 heteroatoms. The number of rotatable bonds is 4. The number of aromatic amines is 1. The van der Waals surface area contributed by atoms with Crippen LogP contribution in [0.15, 0.2) is 42.6 Å². The van der Waals surface area contributed by atoms with E-state index in [0.717, 1.165) is 53.4 Å². The number of H-pyrrole nitrogens is 1. The fraction of sp³-hybridized carbons (Fsp3) is 0.250. The van der Waals surface area contributed by atoms with Gasteiger partial charge in [0, 0.05) is 54.9 Å². The van der Waals surface area contributed by atoms with E-state index in [1.807, 2.05) is 30.4 Å². The number of amides is 1. The highest BCUT2D eigenvalue weighted by atomic mass is 19.1. The predicted octanol–water partition coefficient (Wildman–Crippen LogP) is 3.51. The second kappa shape index (κ2) is 8.35. The van der Waals surface area contributed by atoms with Crippen LogP contribution in [0.3, 0.4) is 0 Å². The molecule has 2 N–H and O–H groups in total. The van der Waals surface area contributed by atoms with Gasteiger partial charge in [0.2, 0.25) is 0 Å². The van der Waals surface area contributed by atoms with Crippen molar-refractivity contribution in [2.75, 3.05) is 37.7 Å². The van der Waals surface area contributed by atoms with Gasteiger partial charge < -0.3 is 19.9 Å². The molecule has 6 nitrogen and oxygen atoms in total. The molecule has 3 aromatic rings.